The highest BCUT2D eigenvalue weighted by molar-refractivity contribution is 5.73. The first-order valence-electron chi connectivity index (χ1n) is 6.04. The second-order valence-electron chi connectivity index (χ2n) is 4.56. The normalized spacial score (nSPS) is 13.2. The van der Waals surface area contributed by atoms with Gasteiger partial charge in [-0.1, -0.05) is 6.07 Å². The quantitative estimate of drug-likeness (QED) is 0.795. The fraction of sp³-hybridized carbons (Fsp3) is 0.133. The summed E-state index contributed by atoms with van der Waals surface area (Å²) >= 11 is 0. The molecule has 0 aliphatic carbocycles. The van der Waals surface area contributed by atoms with Crippen molar-refractivity contribution in [2.45, 2.75) is 6.42 Å². The van der Waals surface area contributed by atoms with E-state index < -0.39 is 0 Å². The molecule has 0 spiro atoms. The fourth-order valence-electron chi connectivity index (χ4n) is 2.44. The number of hydrogen-bond acceptors (Lipinski definition) is 3. The zero-order chi connectivity index (χ0) is 13.4. The molecule has 0 radical (unpaired) electrons. The minimum atomic E-state index is -0.243. The van der Waals surface area contributed by atoms with Gasteiger partial charge in [-0.25, -0.2) is 4.39 Å². The molecule has 1 aliphatic heterocycles. The number of nitrogens with two attached hydrogens (primary N) is 1. The number of nitrogen functional groups attached to an aromatic ring is 1. The molecule has 1 aliphatic rings. The van der Waals surface area contributed by atoms with E-state index in [1.165, 1.54) is 12.1 Å². The second kappa shape index (κ2) is 4.29. The highest BCUT2D eigenvalue weighted by Gasteiger charge is 2.21. The molecule has 2 aromatic rings. The van der Waals surface area contributed by atoms with Gasteiger partial charge in [-0.05, 0) is 42.3 Å². The van der Waals surface area contributed by atoms with Gasteiger partial charge >= 0.3 is 0 Å². The summed E-state index contributed by atoms with van der Waals surface area (Å²) in [5.41, 5.74) is 9.63. The van der Waals surface area contributed by atoms with E-state index in [1.54, 1.807) is 12.1 Å². The van der Waals surface area contributed by atoms with Crippen LogP contribution in [-0.2, 0) is 6.42 Å². The molecular formula is C15H12FN3. The Morgan fingerprint density at radius 3 is 2.79 bits per heavy atom. The van der Waals surface area contributed by atoms with Crippen LogP contribution in [-0.4, -0.2) is 6.54 Å². The standard InChI is InChI=1S/C15H12FN3/c16-12-3-1-10-5-6-19(15(10)7-12)13-4-2-11(9-17)14(18)8-13/h1-4,7-8H,5-6,18H2. The molecule has 0 fully saturated rings. The molecule has 0 saturated carbocycles. The summed E-state index contributed by atoms with van der Waals surface area (Å²) in [5.74, 6) is -0.243. The molecule has 3 rings (SSSR count). The van der Waals surface area contributed by atoms with Gasteiger partial charge in [-0.15, -0.1) is 0 Å². The van der Waals surface area contributed by atoms with Crippen molar-refractivity contribution in [3.8, 4) is 6.07 Å². The highest BCUT2D eigenvalue weighted by atomic mass is 19.1. The number of nitriles is 1. The minimum absolute atomic E-state index is 0.243. The van der Waals surface area contributed by atoms with E-state index in [4.69, 9.17) is 11.0 Å². The molecule has 0 saturated heterocycles. The fourth-order valence-corrected chi connectivity index (χ4v) is 2.44. The molecular weight excluding hydrogens is 241 g/mol. The number of hydrogen-bond donors (Lipinski definition) is 1. The van der Waals surface area contributed by atoms with Gasteiger partial charge in [0.25, 0.3) is 0 Å². The van der Waals surface area contributed by atoms with Crippen LogP contribution in [0.4, 0.5) is 21.5 Å². The van der Waals surface area contributed by atoms with E-state index in [-0.39, 0.29) is 5.82 Å². The van der Waals surface area contributed by atoms with E-state index in [0.717, 1.165) is 29.9 Å². The third kappa shape index (κ3) is 1.89. The number of rotatable bonds is 1. The third-order valence-electron chi connectivity index (χ3n) is 3.41. The predicted octanol–water partition coefficient (Wildman–Crippen LogP) is 2.97. The minimum Gasteiger partial charge on any atom is -0.398 e. The maximum Gasteiger partial charge on any atom is 0.125 e. The summed E-state index contributed by atoms with van der Waals surface area (Å²) in [6, 6.07) is 12.2. The molecule has 1 heterocycles. The SMILES string of the molecule is N#Cc1ccc(N2CCc3ccc(F)cc32)cc1N. The number of fused-ring (bicyclic) bond motifs is 1. The maximum atomic E-state index is 13.4. The summed E-state index contributed by atoms with van der Waals surface area (Å²) < 4.78 is 13.4. The van der Waals surface area contributed by atoms with Crippen LogP contribution < -0.4 is 10.6 Å². The summed E-state index contributed by atoms with van der Waals surface area (Å²) in [5, 5.41) is 8.88. The van der Waals surface area contributed by atoms with Gasteiger partial charge in [-0.3, -0.25) is 0 Å². The van der Waals surface area contributed by atoms with Crippen molar-refractivity contribution in [2.24, 2.45) is 0 Å². The first-order chi connectivity index (χ1) is 9.19. The van der Waals surface area contributed by atoms with Crippen LogP contribution in [0.15, 0.2) is 36.4 Å². The van der Waals surface area contributed by atoms with Crippen LogP contribution in [0.25, 0.3) is 0 Å². The number of halogens is 1. The van der Waals surface area contributed by atoms with E-state index in [2.05, 4.69) is 0 Å². The summed E-state index contributed by atoms with van der Waals surface area (Å²) in [6.45, 7) is 0.796. The average Bonchev–Trinajstić information content (AvgIpc) is 2.81. The van der Waals surface area contributed by atoms with Gasteiger partial charge in [-0.2, -0.15) is 5.26 Å². The Hall–Kier alpha value is -2.54. The lowest BCUT2D eigenvalue weighted by molar-refractivity contribution is 0.628. The van der Waals surface area contributed by atoms with Crippen molar-refractivity contribution in [3.05, 3.63) is 53.3 Å². The molecule has 3 nitrogen and oxygen atoms in total. The molecule has 0 atom stereocenters. The molecule has 0 amide bonds. The van der Waals surface area contributed by atoms with Crippen LogP contribution in [0, 0.1) is 17.1 Å². The first-order valence-corrected chi connectivity index (χ1v) is 6.04. The smallest absolute Gasteiger partial charge is 0.125 e. The molecule has 0 aromatic heterocycles. The summed E-state index contributed by atoms with van der Waals surface area (Å²) in [4.78, 5) is 2.02. The number of nitrogens with zero attached hydrogens (tertiary/aromatic N) is 2. The van der Waals surface area contributed by atoms with E-state index in [1.807, 2.05) is 23.1 Å². The molecule has 4 heteroatoms. The molecule has 19 heavy (non-hydrogen) atoms. The zero-order valence-corrected chi connectivity index (χ0v) is 10.2. The van der Waals surface area contributed by atoms with Gasteiger partial charge in [0.15, 0.2) is 0 Å². The zero-order valence-electron chi connectivity index (χ0n) is 10.2. The maximum absolute atomic E-state index is 13.4. The second-order valence-corrected chi connectivity index (χ2v) is 4.56. The number of anilines is 3. The molecule has 0 bridgehead atoms. The van der Waals surface area contributed by atoms with E-state index in [9.17, 15) is 4.39 Å². The van der Waals surface area contributed by atoms with Crippen LogP contribution in [0.1, 0.15) is 11.1 Å². The predicted molar refractivity (Wildman–Crippen MR) is 72.7 cm³/mol. The van der Waals surface area contributed by atoms with Crippen molar-refractivity contribution in [1.82, 2.24) is 0 Å². The molecule has 2 aromatic carbocycles. The monoisotopic (exact) mass is 253 g/mol. The Bertz CT molecular complexity index is 688. The van der Waals surface area contributed by atoms with Gasteiger partial charge in [0.2, 0.25) is 0 Å². The summed E-state index contributed by atoms with van der Waals surface area (Å²) in [6.07, 6.45) is 0.884. The lowest BCUT2D eigenvalue weighted by Crippen LogP contribution is -2.13. The van der Waals surface area contributed by atoms with Gasteiger partial charge < -0.3 is 10.6 Å². The summed E-state index contributed by atoms with van der Waals surface area (Å²) in [7, 11) is 0. The van der Waals surface area contributed by atoms with Crippen LogP contribution >= 0.6 is 0 Å². The van der Waals surface area contributed by atoms with E-state index in [0.29, 0.717) is 11.3 Å². The van der Waals surface area contributed by atoms with Crippen molar-refractivity contribution >= 4 is 17.1 Å². The van der Waals surface area contributed by atoms with Crippen molar-refractivity contribution < 1.29 is 4.39 Å². The van der Waals surface area contributed by atoms with Gasteiger partial charge in [0, 0.05) is 17.9 Å². The van der Waals surface area contributed by atoms with Crippen LogP contribution in [0.2, 0.25) is 0 Å². The highest BCUT2D eigenvalue weighted by Crippen LogP contribution is 2.36. The van der Waals surface area contributed by atoms with Crippen molar-refractivity contribution in [3.63, 3.8) is 0 Å². The molecule has 0 unspecified atom stereocenters. The average molecular weight is 253 g/mol. The Kier molecular flexibility index (Phi) is 2.60. The van der Waals surface area contributed by atoms with Gasteiger partial charge in [0.1, 0.15) is 11.9 Å². The Morgan fingerprint density at radius 2 is 2.05 bits per heavy atom. The topological polar surface area (TPSA) is 53.0 Å². The Labute approximate surface area is 110 Å². The third-order valence-corrected chi connectivity index (χ3v) is 3.41. The van der Waals surface area contributed by atoms with Crippen LogP contribution in [0.5, 0.6) is 0 Å². The molecule has 94 valence electrons. The Morgan fingerprint density at radius 1 is 1.21 bits per heavy atom. The largest absolute Gasteiger partial charge is 0.398 e. The van der Waals surface area contributed by atoms with Crippen molar-refractivity contribution in [2.75, 3.05) is 17.2 Å². The molecule has 2 N–H and O–H groups in total. The van der Waals surface area contributed by atoms with Crippen molar-refractivity contribution in [1.29, 1.82) is 5.26 Å². The number of benzene rings is 2. The Balaban J connectivity index is 2.04. The lowest BCUT2D eigenvalue weighted by Gasteiger charge is -2.20. The van der Waals surface area contributed by atoms with E-state index >= 15 is 0 Å². The lowest BCUT2D eigenvalue weighted by atomic mass is 10.1. The van der Waals surface area contributed by atoms with Gasteiger partial charge in [0.05, 0.1) is 11.3 Å². The first kappa shape index (κ1) is 11.5. The van der Waals surface area contributed by atoms with Crippen LogP contribution in [0.3, 0.4) is 0 Å².